The standard InChI is InChI=1S/C25H25F6N7O2/c26-15-8-18(37(11-15)19(39)12-38-23(21(27)28)34-35-36-38)24(40)33-20(13-4-2-1-3-5-13)17-7-6-16(22(29)32-17)14-9-25(30,31)10-14/h1-7,14-15,18,20-21,35-36H,8-12H2,(H,33,40)/t15-,18+,20+/m1/s1. The number of carbonyl (C=O) groups excluding carboxylic acids is 2. The molecule has 3 heterocycles. The van der Waals surface area contributed by atoms with Crippen LogP contribution in [0.4, 0.5) is 26.3 Å². The minimum absolute atomic E-state index is 0.0531. The summed E-state index contributed by atoms with van der Waals surface area (Å²) in [5.41, 5.74) is 5.02. The number of alkyl halides is 5. The van der Waals surface area contributed by atoms with Crippen molar-refractivity contribution in [2.24, 2.45) is 5.10 Å². The van der Waals surface area contributed by atoms with Crippen LogP contribution in [0.3, 0.4) is 0 Å². The Balaban J connectivity index is 1.34. The number of nitrogens with one attached hydrogen (secondary N) is 3. The van der Waals surface area contributed by atoms with Gasteiger partial charge in [-0.15, -0.1) is 10.6 Å². The molecule has 9 nitrogen and oxygen atoms in total. The van der Waals surface area contributed by atoms with E-state index in [1.165, 1.54) is 12.1 Å². The third-order valence-electron chi connectivity index (χ3n) is 7.14. The molecule has 1 aliphatic carbocycles. The van der Waals surface area contributed by atoms with Crippen LogP contribution in [0.15, 0.2) is 47.6 Å². The summed E-state index contributed by atoms with van der Waals surface area (Å²) >= 11 is 0. The second kappa shape index (κ2) is 10.9. The van der Waals surface area contributed by atoms with Gasteiger partial charge < -0.3 is 10.2 Å². The predicted molar refractivity (Wildman–Crippen MR) is 129 cm³/mol. The summed E-state index contributed by atoms with van der Waals surface area (Å²) in [4.78, 5) is 31.2. The molecular weight excluding hydrogens is 544 g/mol. The molecule has 3 atom stereocenters. The van der Waals surface area contributed by atoms with Crippen LogP contribution >= 0.6 is 0 Å². The Hall–Kier alpha value is -3.88. The van der Waals surface area contributed by atoms with Gasteiger partial charge in [0.1, 0.15) is 18.8 Å². The number of halogens is 6. The zero-order valence-corrected chi connectivity index (χ0v) is 20.8. The molecule has 2 aliphatic heterocycles. The molecule has 1 aromatic carbocycles. The van der Waals surface area contributed by atoms with Gasteiger partial charge in [-0.3, -0.25) is 14.6 Å². The molecule has 0 radical (unpaired) electrons. The van der Waals surface area contributed by atoms with Crippen molar-refractivity contribution in [2.45, 2.75) is 55.8 Å². The first kappa shape index (κ1) is 27.7. The van der Waals surface area contributed by atoms with E-state index in [0.717, 1.165) is 9.91 Å². The molecule has 1 aromatic heterocycles. The fraction of sp³-hybridized carbons (Fsp3) is 0.440. The lowest BCUT2D eigenvalue weighted by atomic mass is 9.77. The van der Waals surface area contributed by atoms with Crippen molar-refractivity contribution in [3.05, 3.63) is 65.2 Å². The average Bonchev–Trinajstić information content (AvgIpc) is 3.53. The Kier molecular flexibility index (Phi) is 7.57. The predicted octanol–water partition coefficient (Wildman–Crippen LogP) is 2.78. The fourth-order valence-corrected chi connectivity index (χ4v) is 5.10. The zero-order valence-electron chi connectivity index (χ0n) is 20.8. The maximum atomic E-state index is 14.9. The largest absolute Gasteiger partial charge is 0.342 e. The number of hydrogen-bond donors (Lipinski definition) is 3. The van der Waals surface area contributed by atoms with E-state index < -0.39 is 86.1 Å². The fourth-order valence-electron chi connectivity index (χ4n) is 5.10. The first-order valence-corrected chi connectivity index (χ1v) is 12.5. The highest BCUT2D eigenvalue weighted by Gasteiger charge is 2.47. The number of hydrazine groups is 2. The van der Waals surface area contributed by atoms with Crippen LogP contribution in [0.1, 0.15) is 48.0 Å². The number of pyridine rings is 1. The number of likely N-dealkylation sites (tertiary alicyclic amines) is 1. The van der Waals surface area contributed by atoms with Gasteiger partial charge in [-0.1, -0.05) is 36.4 Å². The number of hydrazone groups is 1. The highest BCUT2D eigenvalue weighted by molar-refractivity contribution is 5.93. The number of nitrogens with zero attached hydrogens (tertiary/aromatic N) is 4. The van der Waals surface area contributed by atoms with Crippen molar-refractivity contribution in [1.82, 2.24) is 31.3 Å². The van der Waals surface area contributed by atoms with Crippen molar-refractivity contribution in [3.63, 3.8) is 0 Å². The first-order chi connectivity index (χ1) is 19.0. The van der Waals surface area contributed by atoms with E-state index in [2.05, 4.69) is 26.5 Å². The third-order valence-corrected chi connectivity index (χ3v) is 7.14. The van der Waals surface area contributed by atoms with Gasteiger partial charge in [-0.25, -0.2) is 32.5 Å². The van der Waals surface area contributed by atoms with Crippen LogP contribution in [-0.4, -0.2) is 70.2 Å². The molecule has 2 amide bonds. The average molecular weight is 570 g/mol. The summed E-state index contributed by atoms with van der Waals surface area (Å²) in [6.07, 6.45) is -5.83. The topological polar surface area (TPSA) is 102 Å². The molecule has 15 heteroatoms. The molecule has 0 bridgehead atoms. The second-order valence-electron chi connectivity index (χ2n) is 9.90. The van der Waals surface area contributed by atoms with Crippen molar-refractivity contribution in [2.75, 3.05) is 13.1 Å². The van der Waals surface area contributed by atoms with Gasteiger partial charge in [0.15, 0.2) is 0 Å². The number of amidine groups is 1. The smallest absolute Gasteiger partial charge is 0.298 e. The number of carbonyl (C=O) groups is 2. The van der Waals surface area contributed by atoms with Crippen molar-refractivity contribution in [1.29, 1.82) is 0 Å². The summed E-state index contributed by atoms with van der Waals surface area (Å²) in [5.74, 6) is -6.74. The molecule has 2 fully saturated rings. The maximum Gasteiger partial charge on any atom is 0.298 e. The molecule has 0 spiro atoms. The normalized spacial score (nSPS) is 23.0. The molecule has 5 rings (SSSR count). The minimum Gasteiger partial charge on any atom is -0.342 e. The van der Waals surface area contributed by atoms with Crippen molar-refractivity contribution < 1.29 is 35.9 Å². The Morgan fingerprint density at radius 2 is 1.85 bits per heavy atom. The van der Waals surface area contributed by atoms with Gasteiger partial charge in [0, 0.05) is 24.8 Å². The quantitative estimate of drug-likeness (QED) is 0.334. The highest BCUT2D eigenvalue weighted by Crippen LogP contribution is 2.48. The molecule has 2 aromatic rings. The summed E-state index contributed by atoms with van der Waals surface area (Å²) in [7, 11) is 0. The Morgan fingerprint density at radius 1 is 1.12 bits per heavy atom. The van der Waals surface area contributed by atoms with E-state index in [1.54, 1.807) is 30.3 Å². The van der Waals surface area contributed by atoms with Crippen LogP contribution in [0.5, 0.6) is 0 Å². The van der Waals surface area contributed by atoms with Crippen LogP contribution in [0.2, 0.25) is 0 Å². The van der Waals surface area contributed by atoms with E-state index >= 15 is 0 Å². The van der Waals surface area contributed by atoms with Crippen molar-refractivity contribution in [3.8, 4) is 0 Å². The van der Waals surface area contributed by atoms with Crippen LogP contribution in [-0.2, 0) is 9.59 Å². The molecule has 214 valence electrons. The second-order valence-corrected chi connectivity index (χ2v) is 9.90. The molecule has 40 heavy (non-hydrogen) atoms. The first-order valence-electron chi connectivity index (χ1n) is 12.5. The molecule has 0 unspecified atom stereocenters. The summed E-state index contributed by atoms with van der Waals surface area (Å²) in [5, 5.41) is 6.80. The maximum absolute atomic E-state index is 14.9. The van der Waals surface area contributed by atoms with Gasteiger partial charge in [-0.2, -0.15) is 4.39 Å². The lowest BCUT2D eigenvalue weighted by Gasteiger charge is -2.35. The number of aromatic nitrogens is 1. The molecule has 1 saturated carbocycles. The molecule has 1 saturated heterocycles. The van der Waals surface area contributed by atoms with Gasteiger partial charge in [0.2, 0.25) is 29.5 Å². The summed E-state index contributed by atoms with van der Waals surface area (Å²) < 4.78 is 82.3. The van der Waals surface area contributed by atoms with E-state index in [-0.39, 0.29) is 17.7 Å². The Bertz CT molecular complexity index is 1290. The summed E-state index contributed by atoms with van der Waals surface area (Å²) in [6, 6.07) is 8.88. The SMILES string of the molecule is O=C(N[C@@H](c1ccccc1)c1ccc(C2CC(F)(F)C2)c(F)n1)[C@@H]1C[C@@H](F)CN1C(=O)CN1NNN=C1C(F)F. The van der Waals surface area contributed by atoms with E-state index in [9.17, 15) is 35.9 Å². The van der Waals surface area contributed by atoms with Crippen molar-refractivity contribution >= 4 is 17.6 Å². The van der Waals surface area contributed by atoms with E-state index in [1.807, 2.05) is 0 Å². The van der Waals surface area contributed by atoms with Gasteiger partial charge in [0.05, 0.1) is 18.3 Å². The van der Waals surface area contributed by atoms with Gasteiger partial charge >= 0.3 is 0 Å². The lowest BCUT2D eigenvalue weighted by Crippen LogP contribution is -2.53. The number of rotatable bonds is 8. The van der Waals surface area contributed by atoms with E-state index in [4.69, 9.17) is 0 Å². The van der Waals surface area contributed by atoms with Gasteiger partial charge in [0.25, 0.3) is 6.43 Å². The third kappa shape index (κ3) is 5.69. The Labute approximate surface area is 224 Å². The molecule has 3 N–H and O–H groups in total. The summed E-state index contributed by atoms with van der Waals surface area (Å²) in [6.45, 7) is -1.08. The van der Waals surface area contributed by atoms with Crippen LogP contribution in [0, 0.1) is 5.95 Å². The number of benzene rings is 1. The van der Waals surface area contributed by atoms with E-state index in [0.29, 0.717) is 5.56 Å². The molecule has 3 aliphatic rings. The lowest BCUT2D eigenvalue weighted by molar-refractivity contribution is -0.139. The van der Waals surface area contributed by atoms with Crippen LogP contribution in [0.25, 0.3) is 0 Å². The highest BCUT2D eigenvalue weighted by atomic mass is 19.3. The van der Waals surface area contributed by atoms with Gasteiger partial charge in [-0.05, 0) is 17.5 Å². The minimum atomic E-state index is -2.99. The molecular formula is C25H25F6N7O2. The number of amides is 2. The zero-order chi connectivity index (χ0) is 28.6. The monoisotopic (exact) mass is 569 g/mol. The van der Waals surface area contributed by atoms with Crippen LogP contribution < -0.4 is 16.4 Å². The number of hydrogen-bond acceptors (Lipinski definition) is 7. The Morgan fingerprint density at radius 3 is 2.50 bits per heavy atom.